The predicted molar refractivity (Wildman–Crippen MR) is 105 cm³/mol. The van der Waals surface area contributed by atoms with Crippen molar-refractivity contribution in [2.75, 3.05) is 20.6 Å². The van der Waals surface area contributed by atoms with Gasteiger partial charge in [-0.25, -0.2) is 0 Å². The first kappa shape index (κ1) is 18.3. The minimum absolute atomic E-state index is 0.734. The standard InChI is InChI=1S/C18H24ClN7/c1-20-18(25(3)13-15-11-14(19)12-24(15)2)21-9-6-8-17-23-22-16-7-4-5-10-26(16)17/h4-5,7,10-12H,6,8-9,13H2,1-3H3,(H,20,21). The normalized spacial score (nSPS) is 11.9. The highest BCUT2D eigenvalue weighted by Crippen LogP contribution is 2.14. The van der Waals surface area contributed by atoms with Crippen molar-refractivity contribution >= 4 is 23.2 Å². The second-order valence-electron chi connectivity index (χ2n) is 6.24. The molecule has 3 rings (SSSR count). The summed E-state index contributed by atoms with van der Waals surface area (Å²) < 4.78 is 4.06. The van der Waals surface area contributed by atoms with Gasteiger partial charge >= 0.3 is 0 Å². The van der Waals surface area contributed by atoms with Crippen LogP contribution in [0.25, 0.3) is 5.65 Å². The van der Waals surface area contributed by atoms with Gasteiger partial charge in [0, 0.05) is 52.2 Å². The van der Waals surface area contributed by atoms with Gasteiger partial charge in [0.25, 0.3) is 0 Å². The third-order valence-corrected chi connectivity index (χ3v) is 4.50. The lowest BCUT2D eigenvalue weighted by molar-refractivity contribution is 0.461. The molecule has 3 aromatic rings. The van der Waals surface area contributed by atoms with E-state index in [2.05, 4.69) is 25.4 Å². The number of pyridine rings is 1. The monoisotopic (exact) mass is 373 g/mol. The minimum atomic E-state index is 0.734. The maximum absolute atomic E-state index is 6.06. The molecule has 1 N–H and O–H groups in total. The van der Waals surface area contributed by atoms with E-state index in [1.807, 2.05) is 59.7 Å². The maximum Gasteiger partial charge on any atom is 0.193 e. The van der Waals surface area contributed by atoms with Crippen LogP contribution in [0.2, 0.25) is 5.02 Å². The van der Waals surface area contributed by atoms with Crippen LogP contribution in [0, 0.1) is 0 Å². The van der Waals surface area contributed by atoms with E-state index >= 15 is 0 Å². The van der Waals surface area contributed by atoms with Gasteiger partial charge in [-0.3, -0.25) is 9.39 Å². The van der Waals surface area contributed by atoms with Crippen LogP contribution >= 0.6 is 11.6 Å². The molecule has 0 aromatic carbocycles. The molecule has 138 valence electrons. The summed E-state index contributed by atoms with van der Waals surface area (Å²) in [5, 5.41) is 12.6. The van der Waals surface area contributed by atoms with Gasteiger partial charge in [0.15, 0.2) is 11.6 Å². The Hall–Kier alpha value is -2.54. The first-order valence-corrected chi connectivity index (χ1v) is 8.97. The van der Waals surface area contributed by atoms with Crippen molar-refractivity contribution < 1.29 is 0 Å². The number of aromatic nitrogens is 4. The predicted octanol–water partition coefficient (Wildman–Crippen LogP) is 2.36. The van der Waals surface area contributed by atoms with E-state index < -0.39 is 0 Å². The van der Waals surface area contributed by atoms with Gasteiger partial charge in [0.05, 0.1) is 11.6 Å². The number of halogens is 1. The van der Waals surface area contributed by atoms with Gasteiger partial charge in [-0.2, -0.15) is 0 Å². The van der Waals surface area contributed by atoms with E-state index in [1.54, 1.807) is 7.05 Å². The summed E-state index contributed by atoms with van der Waals surface area (Å²) in [5.74, 6) is 1.83. The summed E-state index contributed by atoms with van der Waals surface area (Å²) in [4.78, 5) is 6.44. The van der Waals surface area contributed by atoms with Crippen molar-refractivity contribution in [3.63, 3.8) is 0 Å². The van der Waals surface area contributed by atoms with E-state index in [4.69, 9.17) is 11.6 Å². The Labute approximate surface area is 158 Å². The number of nitrogens with zero attached hydrogens (tertiary/aromatic N) is 6. The van der Waals surface area contributed by atoms with Crippen molar-refractivity contribution in [3.05, 3.63) is 53.2 Å². The summed E-state index contributed by atoms with van der Waals surface area (Å²) >= 11 is 6.06. The first-order chi connectivity index (χ1) is 12.6. The topological polar surface area (TPSA) is 62.8 Å². The molecule has 3 heterocycles. The molecule has 0 unspecified atom stereocenters. The molecule has 0 radical (unpaired) electrons. The fourth-order valence-electron chi connectivity index (χ4n) is 2.93. The summed E-state index contributed by atoms with van der Waals surface area (Å²) in [5.41, 5.74) is 2.02. The summed E-state index contributed by atoms with van der Waals surface area (Å²) in [6, 6.07) is 7.89. The van der Waals surface area contributed by atoms with Gasteiger partial charge in [0.2, 0.25) is 0 Å². The first-order valence-electron chi connectivity index (χ1n) is 8.59. The number of aliphatic imine (C=N–C) groups is 1. The maximum atomic E-state index is 6.06. The molecule has 0 aliphatic rings. The molecule has 0 fully saturated rings. The molecular formula is C18H24ClN7. The van der Waals surface area contributed by atoms with Crippen LogP contribution < -0.4 is 5.32 Å². The van der Waals surface area contributed by atoms with Crippen LogP contribution in [0.1, 0.15) is 17.9 Å². The quantitative estimate of drug-likeness (QED) is 0.409. The highest BCUT2D eigenvalue weighted by Gasteiger charge is 2.10. The Morgan fingerprint density at radius 1 is 1.35 bits per heavy atom. The number of guanidine groups is 1. The Kier molecular flexibility index (Phi) is 5.78. The number of fused-ring (bicyclic) bond motifs is 1. The largest absolute Gasteiger partial charge is 0.356 e. The second-order valence-corrected chi connectivity index (χ2v) is 6.68. The summed E-state index contributed by atoms with van der Waals surface area (Å²) in [6.07, 6.45) is 5.70. The average Bonchev–Trinajstić information content (AvgIpc) is 3.17. The van der Waals surface area contributed by atoms with E-state index in [1.165, 1.54) is 0 Å². The number of hydrogen-bond donors (Lipinski definition) is 1. The third kappa shape index (κ3) is 4.16. The minimum Gasteiger partial charge on any atom is -0.356 e. The molecule has 0 atom stereocenters. The SMILES string of the molecule is CN=C(NCCCc1nnc2ccccn12)N(C)Cc1cc(Cl)cn1C. The molecule has 26 heavy (non-hydrogen) atoms. The summed E-state index contributed by atoms with van der Waals surface area (Å²) in [7, 11) is 5.80. The summed E-state index contributed by atoms with van der Waals surface area (Å²) in [6.45, 7) is 1.55. The van der Waals surface area contributed by atoms with Crippen LogP contribution in [0.3, 0.4) is 0 Å². The van der Waals surface area contributed by atoms with Crippen LogP contribution in [0.5, 0.6) is 0 Å². The van der Waals surface area contributed by atoms with Crippen molar-refractivity contribution in [2.45, 2.75) is 19.4 Å². The molecular weight excluding hydrogens is 350 g/mol. The fourth-order valence-corrected chi connectivity index (χ4v) is 3.21. The Morgan fingerprint density at radius 2 is 2.19 bits per heavy atom. The zero-order chi connectivity index (χ0) is 18.5. The highest BCUT2D eigenvalue weighted by atomic mass is 35.5. The van der Waals surface area contributed by atoms with Crippen molar-refractivity contribution in [2.24, 2.45) is 12.0 Å². The average molecular weight is 374 g/mol. The van der Waals surface area contributed by atoms with Crippen LogP contribution in [-0.4, -0.2) is 50.7 Å². The number of nitrogens with one attached hydrogen (secondary N) is 1. The zero-order valence-electron chi connectivity index (χ0n) is 15.4. The van der Waals surface area contributed by atoms with Gasteiger partial charge in [0.1, 0.15) is 5.82 Å². The molecule has 7 nitrogen and oxygen atoms in total. The fraction of sp³-hybridized carbons (Fsp3) is 0.389. The molecule has 0 spiro atoms. The van der Waals surface area contributed by atoms with E-state index in [0.29, 0.717) is 0 Å². The molecule has 0 aliphatic heterocycles. The van der Waals surface area contributed by atoms with Crippen LogP contribution in [0.15, 0.2) is 41.7 Å². The van der Waals surface area contributed by atoms with Gasteiger partial charge in [-0.05, 0) is 24.6 Å². The zero-order valence-corrected chi connectivity index (χ0v) is 16.1. The lowest BCUT2D eigenvalue weighted by Crippen LogP contribution is -2.39. The second kappa shape index (κ2) is 8.23. The molecule has 8 heteroatoms. The van der Waals surface area contributed by atoms with Crippen molar-refractivity contribution in [1.29, 1.82) is 0 Å². The van der Waals surface area contributed by atoms with E-state index in [0.717, 1.165) is 54.1 Å². The van der Waals surface area contributed by atoms with E-state index in [-0.39, 0.29) is 0 Å². The van der Waals surface area contributed by atoms with Crippen LogP contribution in [0.4, 0.5) is 0 Å². The van der Waals surface area contributed by atoms with Crippen molar-refractivity contribution in [3.8, 4) is 0 Å². The smallest absolute Gasteiger partial charge is 0.193 e. The lowest BCUT2D eigenvalue weighted by Gasteiger charge is -2.22. The third-order valence-electron chi connectivity index (χ3n) is 4.29. The van der Waals surface area contributed by atoms with E-state index in [9.17, 15) is 0 Å². The number of aryl methyl sites for hydroxylation is 2. The van der Waals surface area contributed by atoms with Crippen molar-refractivity contribution in [1.82, 2.24) is 29.4 Å². The molecule has 0 saturated heterocycles. The molecule has 0 aliphatic carbocycles. The highest BCUT2D eigenvalue weighted by molar-refractivity contribution is 6.30. The van der Waals surface area contributed by atoms with Gasteiger partial charge in [-0.15, -0.1) is 10.2 Å². The molecule has 3 aromatic heterocycles. The molecule has 0 saturated carbocycles. The molecule has 0 amide bonds. The number of hydrogen-bond acceptors (Lipinski definition) is 3. The Bertz CT molecular complexity index is 896. The Morgan fingerprint density at radius 3 is 2.92 bits per heavy atom. The van der Waals surface area contributed by atoms with Crippen LogP contribution in [-0.2, 0) is 20.0 Å². The van der Waals surface area contributed by atoms with Gasteiger partial charge < -0.3 is 14.8 Å². The number of rotatable bonds is 6. The molecule has 0 bridgehead atoms. The van der Waals surface area contributed by atoms with Gasteiger partial charge in [-0.1, -0.05) is 17.7 Å². The lowest BCUT2D eigenvalue weighted by atomic mass is 10.3. The Balaban J connectivity index is 1.50.